The standard InChI is InChI=1S/C15H17Br2N3O/c1-9(2)20-15(21)14(17)13(8-18-20)19-10(3)11-5-4-6-12(16)7-11/h4-10,19H,1-3H3. The van der Waals surface area contributed by atoms with Gasteiger partial charge in [0, 0.05) is 10.5 Å². The second-order valence-corrected chi connectivity index (χ2v) is 6.85. The van der Waals surface area contributed by atoms with Gasteiger partial charge >= 0.3 is 0 Å². The van der Waals surface area contributed by atoms with Crippen molar-refractivity contribution in [2.24, 2.45) is 0 Å². The van der Waals surface area contributed by atoms with Crippen molar-refractivity contribution in [3.63, 3.8) is 0 Å². The van der Waals surface area contributed by atoms with Crippen LogP contribution in [0, 0.1) is 0 Å². The molecule has 1 heterocycles. The van der Waals surface area contributed by atoms with Crippen LogP contribution in [0.3, 0.4) is 0 Å². The topological polar surface area (TPSA) is 46.9 Å². The zero-order valence-electron chi connectivity index (χ0n) is 12.1. The lowest BCUT2D eigenvalue weighted by atomic mass is 10.1. The van der Waals surface area contributed by atoms with E-state index < -0.39 is 0 Å². The Kier molecular flexibility index (Phi) is 5.22. The van der Waals surface area contributed by atoms with Gasteiger partial charge in [0.2, 0.25) is 0 Å². The predicted octanol–water partition coefficient (Wildman–Crippen LogP) is 4.52. The first kappa shape index (κ1) is 16.2. The van der Waals surface area contributed by atoms with E-state index in [1.807, 2.05) is 45.0 Å². The van der Waals surface area contributed by atoms with Crippen molar-refractivity contribution in [3.05, 3.63) is 55.3 Å². The average molecular weight is 415 g/mol. The van der Waals surface area contributed by atoms with Crippen molar-refractivity contribution in [1.82, 2.24) is 9.78 Å². The van der Waals surface area contributed by atoms with Gasteiger partial charge in [-0.2, -0.15) is 5.10 Å². The maximum absolute atomic E-state index is 12.2. The Labute approximate surface area is 140 Å². The first-order chi connectivity index (χ1) is 9.90. The highest BCUT2D eigenvalue weighted by atomic mass is 79.9. The quantitative estimate of drug-likeness (QED) is 0.799. The fourth-order valence-electron chi connectivity index (χ4n) is 2.01. The van der Waals surface area contributed by atoms with Gasteiger partial charge in [-0.1, -0.05) is 28.1 Å². The van der Waals surface area contributed by atoms with E-state index in [1.165, 1.54) is 4.68 Å². The molecule has 2 aromatic rings. The molecule has 0 saturated carbocycles. The lowest BCUT2D eigenvalue weighted by molar-refractivity contribution is 0.501. The van der Waals surface area contributed by atoms with Gasteiger partial charge in [-0.3, -0.25) is 4.79 Å². The molecular formula is C15H17Br2N3O. The lowest BCUT2D eigenvalue weighted by Crippen LogP contribution is -2.26. The summed E-state index contributed by atoms with van der Waals surface area (Å²) < 4.78 is 2.99. The van der Waals surface area contributed by atoms with Crippen molar-refractivity contribution in [2.75, 3.05) is 5.32 Å². The average Bonchev–Trinajstić information content (AvgIpc) is 2.43. The van der Waals surface area contributed by atoms with Crippen LogP contribution in [0.4, 0.5) is 5.69 Å². The van der Waals surface area contributed by atoms with E-state index in [4.69, 9.17) is 0 Å². The second kappa shape index (κ2) is 6.75. The third-order valence-electron chi connectivity index (χ3n) is 3.15. The van der Waals surface area contributed by atoms with Crippen LogP contribution in [-0.4, -0.2) is 9.78 Å². The summed E-state index contributed by atoms with van der Waals surface area (Å²) in [5.74, 6) is 0. The van der Waals surface area contributed by atoms with Crippen LogP contribution in [0.5, 0.6) is 0 Å². The second-order valence-electron chi connectivity index (χ2n) is 5.14. The van der Waals surface area contributed by atoms with Gasteiger partial charge in [-0.05, 0) is 54.4 Å². The fraction of sp³-hybridized carbons (Fsp3) is 0.333. The monoisotopic (exact) mass is 413 g/mol. The molecule has 21 heavy (non-hydrogen) atoms. The fourth-order valence-corrected chi connectivity index (χ4v) is 2.82. The molecule has 2 rings (SSSR count). The molecule has 6 heteroatoms. The maximum atomic E-state index is 12.2. The Morgan fingerprint density at radius 3 is 2.57 bits per heavy atom. The summed E-state index contributed by atoms with van der Waals surface area (Å²) in [4.78, 5) is 12.2. The molecule has 1 atom stereocenters. The van der Waals surface area contributed by atoms with Crippen LogP contribution in [0.15, 0.2) is 44.2 Å². The molecule has 0 fully saturated rings. The molecule has 0 aliphatic carbocycles. The molecule has 0 spiro atoms. The van der Waals surface area contributed by atoms with E-state index in [9.17, 15) is 4.79 Å². The lowest BCUT2D eigenvalue weighted by Gasteiger charge is -2.18. The molecular weight excluding hydrogens is 398 g/mol. The summed E-state index contributed by atoms with van der Waals surface area (Å²) in [6, 6.07) is 8.16. The van der Waals surface area contributed by atoms with Crippen molar-refractivity contribution in [1.29, 1.82) is 0 Å². The highest BCUT2D eigenvalue weighted by Gasteiger charge is 2.13. The Morgan fingerprint density at radius 2 is 1.95 bits per heavy atom. The van der Waals surface area contributed by atoms with Crippen molar-refractivity contribution in [3.8, 4) is 0 Å². The zero-order chi connectivity index (χ0) is 15.6. The molecule has 0 aliphatic heterocycles. The number of aromatic nitrogens is 2. The molecule has 1 unspecified atom stereocenters. The first-order valence-corrected chi connectivity index (χ1v) is 8.28. The van der Waals surface area contributed by atoms with Crippen LogP contribution < -0.4 is 10.9 Å². The summed E-state index contributed by atoms with van der Waals surface area (Å²) in [7, 11) is 0. The molecule has 0 radical (unpaired) electrons. The number of rotatable bonds is 4. The summed E-state index contributed by atoms with van der Waals surface area (Å²) in [5.41, 5.74) is 1.70. The van der Waals surface area contributed by atoms with E-state index in [2.05, 4.69) is 42.3 Å². The number of benzene rings is 1. The summed E-state index contributed by atoms with van der Waals surface area (Å²) in [5, 5.41) is 7.52. The number of halogens is 2. The summed E-state index contributed by atoms with van der Waals surface area (Å²) in [6.07, 6.45) is 1.68. The number of hydrogen-bond acceptors (Lipinski definition) is 3. The number of anilines is 1. The maximum Gasteiger partial charge on any atom is 0.283 e. The first-order valence-electron chi connectivity index (χ1n) is 6.69. The third-order valence-corrected chi connectivity index (χ3v) is 4.41. The number of nitrogens with one attached hydrogen (secondary N) is 1. The van der Waals surface area contributed by atoms with Gasteiger partial charge < -0.3 is 5.32 Å². The summed E-state index contributed by atoms with van der Waals surface area (Å²) >= 11 is 6.83. The summed E-state index contributed by atoms with van der Waals surface area (Å²) in [6.45, 7) is 5.90. The minimum absolute atomic E-state index is 0.0327. The van der Waals surface area contributed by atoms with Gasteiger partial charge in [0.25, 0.3) is 5.56 Å². The molecule has 0 aliphatic rings. The molecule has 0 bridgehead atoms. The van der Waals surface area contributed by atoms with E-state index in [1.54, 1.807) is 6.20 Å². The van der Waals surface area contributed by atoms with Gasteiger partial charge in [0.15, 0.2) is 0 Å². The normalized spacial score (nSPS) is 12.5. The Hall–Kier alpha value is -1.14. The molecule has 112 valence electrons. The van der Waals surface area contributed by atoms with Crippen molar-refractivity contribution in [2.45, 2.75) is 32.9 Å². The van der Waals surface area contributed by atoms with E-state index in [-0.39, 0.29) is 17.6 Å². The number of hydrogen-bond donors (Lipinski definition) is 1. The van der Waals surface area contributed by atoms with Crippen LogP contribution in [-0.2, 0) is 0 Å². The Bertz CT molecular complexity index is 698. The smallest absolute Gasteiger partial charge is 0.283 e. The third kappa shape index (κ3) is 3.74. The van der Waals surface area contributed by atoms with Gasteiger partial charge in [-0.15, -0.1) is 0 Å². The van der Waals surface area contributed by atoms with Crippen molar-refractivity contribution >= 4 is 37.5 Å². The highest BCUT2D eigenvalue weighted by Crippen LogP contribution is 2.25. The van der Waals surface area contributed by atoms with Crippen molar-refractivity contribution < 1.29 is 0 Å². The molecule has 1 N–H and O–H groups in total. The molecule has 4 nitrogen and oxygen atoms in total. The van der Waals surface area contributed by atoms with Crippen LogP contribution in [0.2, 0.25) is 0 Å². The van der Waals surface area contributed by atoms with E-state index >= 15 is 0 Å². The number of nitrogens with zero attached hydrogens (tertiary/aromatic N) is 2. The molecule has 0 amide bonds. The minimum atomic E-state index is -0.128. The molecule has 1 aromatic carbocycles. The van der Waals surface area contributed by atoms with Crippen LogP contribution in [0.25, 0.3) is 0 Å². The zero-order valence-corrected chi connectivity index (χ0v) is 15.3. The predicted molar refractivity (Wildman–Crippen MR) is 92.8 cm³/mol. The van der Waals surface area contributed by atoms with E-state index in [0.717, 1.165) is 10.0 Å². The molecule has 1 aromatic heterocycles. The Balaban J connectivity index is 2.28. The van der Waals surface area contributed by atoms with Gasteiger partial charge in [0.05, 0.1) is 17.9 Å². The Morgan fingerprint density at radius 1 is 1.24 bits per heavy atom. The van der Waals surface area contributed by atoms with E-state index in [0.29, 0.717) is 10.2 Å². The SMILES string of the molecule is CC(Nc1cnn(C(C)C)c(=O)c1Br)c1cccc(Br)c1. The van der Waals surface area contributed by atoms with Crippen LogP contribution >= 0.6 is 31.9 Å². The van der Waals surface area contributed by atoms with Crippen LogP contribution in [0.1, 0.15) is 38.4 Å². The van der Waals surface area contributed by atoms with Gasteiger partial charge in [0.1, 0.15) is 4.47 Å². The molecule has 0 saturated heterocycles. The largest absolute Gasteiger partial charge is 0.376 e. The minimum Gasteiger partial charge on any atom is -0.376 e. The highest BCUT2D eigenvalue weighted by molar-refractivity contribution is 9.10. The van der Waals surface area contributed by atoms with Gasteiger partial charge in [-0.25, -0.2) is 4.68 Å².